The molecule has 0 aromatic rings. The molecule has 0 amide bonds. The molecule has 23 heavy (non-hydrogen) atoms. The average Bonchev–Trinajstić information content (AvgIpc) is 2.35. The van der Waals surface area contributed by atoms with Gasteiger partial charge in [-0.15, -0.1) is 0 Å². The van der Waals surface area contributed by atoms with Crippen LogP contribution < -0.4 is 5.11 Å². The summed E-state index contributed by atoms with van der Waals surface area (Å²) in [5.74, 6) is -1.66. The lowest BCUT2D eigenvalue weighted by atomic mass is 10.1. The van der Waals surface area contributed by atoms with Crippen LogP contribution in [0.2, 0.25) is 0 Å². The summed E-state index contributed by atoms with van der Waals surface area (Å²) < 4.78 is 5.73. The highest BCUT2D eigenvalue weighted by atomic mass is 16.5. The van der Waals surface area contributed by atoms with Crippen LogP contribution in [0.1, 0.15) is 45.4 Å². The van der Waals surface area contributed by atoms with Crippen molar-refractivity contribution in [3.05, 3.63) is 12.2 Å². The fourth-order valence-corrected chi connectivity index (χ4v) is 2.16. The van der Waals surface area contributed by atoms with Crippen LogP contribution in [0, 0.1) is 0 Å². The zero-order valence-electron chi connectivity index (χ0n) is 14.8. The molecule has 1 N–H and O–H groups in total. The van der Waals surface area contributed by atoms with E-state index >= 15 is 0 Å². The standard InChI is InChI=1S/C17H31NO5/c1-5-6-7-9-14(19)10-8-11-17(22)23-15(12-16(20)21)13-18(2,3)4/h7,9,14-15,19H,5-6,8,10-13H2,1-4H3/b9-7+. The number of hydrogen-bond donors (Lipinski definition) is 1. The van der Waals surface area contributed by atoms with Gasteiger partial charge in [-0.25, -0.2) is 0 Å². The van der Waals surface area contributed by atoms with Crippen molar-refractivity contribution >= 4 is 11.9 Å². The highest BCUT2D eigenvalue weighted by molar-refractivity contribution is 5.70. The number of unbranched alkanes of at least 4 members (excludes halogenated alkanes) is 1. The van der Waals surface area contributed by atoms with Gasteiger partial charge in [-0.1, -0.05) is 25.5 Å². The van der Waals surface area contributed by atoms with Crippen LogP contribution in [0.5, 0.6) is 0 Å². The molecule has 0 spiro atoms. The van der Waals surface area contributed by atoms with Gasteiger partial charge in [0.2, 0.25) is 0 Å². The minimum atomic E-state index is -1.23. The fraction of sp³-hybridized carbons (Fsp3) is 0.765. The number of carboxylic acids is 1. The Morgan fingerprint density at radius 2 is 1.96 bits per heavy atom. The Labute approximate surface area is 139 Å². The van der Waals surface area contributed by atoms with Gasteiger partial charge >= 0.3 is 5.97 Å². The van der Waals surface area contributed by atoms with E-state index < -0.39 is 24.1 Å². The third-order valence-electron chi connectivity index (χ3n) is 3.14. The first-order valence-electron chi connectivity index (χ1n) is 8.18. The van der Waals surface area contributed by atoms with Crippen molar-refractivity contribution in [3.8, 4) is 0 Å². The van der Waals surface area contributed by atoms with Crippen LogP contribution in [0.15, 0.2) is 12.2 Å². The van der Waals surface area contributed by atoms with Crippen molar-refractivity contribution in [1.29, 1.82) is 0 Å². The number of carboxylic acid groups (broad SMARTS) is 1. The van der Waals surface area contributed by atoms with Gasteiger partial charge in [0.1, 0.15) is 6.54 Å². The van der Waals surface area contributed by atoms with Gasteiger partial charge in [0.15, 0.2) is 6.10 Å². The van der Waals surface area contributed by atoms with Gasteiger partial charge in [0, 0.05) is 18.8 Å². The first-order chi connectivity index (χ1) is 10.6. The molecule has 0 fully saturated rings. The van der Waals surface area contributed by atoms with Crippen LogP contribution in [0.25, 0.3) is 0 Å². The molecule has 0 aliphatic heterocycles. The number of nitrogens with zero attached hydrogens (tertiary/aromatic N) is 1. The summed E-state index contributed by atoms with van der Waals surface area (Å²) in [6, 6.07) is 0. The molecule has 2 atom stereocenters. The molecule has 134 valence electrons. The van der Waals surface area contributed by atoms with E-state index in [4.69, 9.17) is 4.74 Å². The molecule has 0 radical (unpaired) electrons. The molecule has 0 aromatic carbocycles. The van der Waals surface area contributed by atoms with Crippen molar-refractivity contribution in [1.82, 2.24) is 0 Å². The van der Waals surface area contributed by atoms with Gasteiger partial charge in [-0.3, -0.25) is 4.79 Å². The lowest BCUT2D eigenvalue weighted by Crippen LogP contribution is -2.45. The van der Waals surface area contributed by atoms with E-state index in [1.165, 1.54) is 0 Å². The number of allylic oxidation sites excluding steroid dienone is 1. The number of rotatable bonds is 12. The number of likely N-dealkylation sites (N-methyl/N-ethyl adjacent to an activating group) is 1. The summed E-state index contributed by atoms with van der Waals surface area (Å²) in [5, 5.41) is 20.5. The molecule has 0 saturated carbocycles. The Hall–Kier alpha value is -1.40. The molecule has 0 aromatic heterocycles. The van der Waals surface area contributed by atoms with E-state index in [0.717, 1.165) is 12.8 Å². The predicted molar refractivity (Wildman–Crippen MR) is 86.3 cm³/mol. The largest absolute Gasteiger partial charge is 0.550 e. The number of carbonyl (C=O) groups is 2. The third kappa shape index (κ3) is 14.0. The Balaban J connectivity index is 4.19. The highest BCUT2D eigenvalue weighted by Crippen LogP contribution is 2.09. The van der Waals surface area contributed by atoms with Crippen molar-refractivity contribution < 1.29 is 29.0 Å². The third-order valence-corrected chi connectivity index (χ3v) is 3.14. The quantitative estimate of drug-likeness (QED) is 0.322. The lowest BCUT2D eigenvalue weighted by Gasteiger charge is -2.29. The Kier molecular flexibility index (Phi) is 10.5. The minimum Gasteiger partial charge on any atom is -0.550 e. The number of quaternary nitrogens is 1. The van der Waals surface area contributed by atoms with Gasteiger partial charge in [0.25, 0.3) is 0 Å². The summed E-state index contributed by atoms with van der Waals surface area (Å²) in [6.45, 7) is 2.47. The van der Waals surface area contributed by atoms with E-state index in [9.17, 15) is 19.8 Å². The minimum absolute atomic E-state index is 0.166. The second kappa shape index (κ2) is 11.2. The fourth-order valence-electron chi connectivity index (χ4n) is 2.16. The van der Waals surface area contributed by atoms with Crippen molar-refractivity contribution in [2.24, 2.45) is 0 Å². The molecular formula is C17H31NO5. The van der Waals surface area contributed by atoms with Crippen molar-refractivity contribution in [2.45, 2.75) is 57.7 Å². The monoisotopic (exact) mass is 329 g/mol. The van der Waals surface area contributed by atoms with Gasteiger partial charge in [0.05, 0.1) is 27.2 Å². The number of aliphatic hydroxyl groups is 1. The number of ether oxygens (including phenoxy) is 1. The van der Waals surface area contributed by atoms with Gasteiger partial charge in [-0.2, -0.15) is 0 Å². The molecule has 2 unspecified atom stereocenters. The zero-order chi connectivity index (χ0) is 17.9. The first kappa shape index (κ1) is 21.6. The predicted octanol–water partition coefficient (Wildman–Crippen LogP) is 0.632. The van der Waals surface area contributed by atoms with Crippen LogP contribution >= 0.6 is 0 Å². The molecule has 0 aliphatic carbocycles. The van der Waals surface area contributed by atoms with E-state index in [2.05, 4.69) is 6.92 Å². The normalized spacial score (nSPS) is 14.7. The number of esters is 1. The first-order valence-corrected chi connectivity index (χ1v) is 8.18. The SMILES string of the molecule is CCC/C=C/C(O)CCCC(=O)OC(CC(=O)[O-])C[N+](C)(C)C. The van der Waals surface area contributed by atoms with Crippen LogP contribution in [-0.4, -0.2) is 61.4 Å². The second-order valence-corrected chi connectivity index (χ2v) is 6.84. The lowest BCUT2D eigenvalue weighted by molar-refractivity contribution is -0.873. The van der Waals surface area contributed by atoms with Gasteiger partial charge in [-0.05, 0) is 19.3 Å². The van der Waals surface area contributed by atoms with Gasteiger partial charge < -0.3 is 24.2 Å². The molecule has 0 bridgehead atoms. The molecule has 0 saturated heterocycles. The maximum Gasteiger partial charge on any atom is 0.306 e. The van der Waals surface area contributed by atoms with Crippen molar-refractivity contribution in [3.63, 3.8) is 0 Å². The highest BCUT2D eigenvalue weighted by Gasteiger charge is 2.22. The number of carbonyl (C=O) groups excluding carboxylic acids is 2. The average molecular weight is 329 g/mol. The summed E-state index contributed by atoms with van der Waals surface area (Å²) >= 11 is 0. The smallest absolute Gasteiger partial charge is 0.306 e. The molecule has 0 rings (SSSR count). The molecule has 6 nitrogen and oxygen atoms in total. The van der Waals surface area contributed by atoms with Crippen molar-refractivity contribution in [2.75, 3.05) is 27.7 Å². The molecule has 0 heterocycles. The molecular weight excluding hydrogens is 298 g/mol. The van der Waals surface area contributed by atoms with E-state index in [1.54, 1.807) is 6.08 Å². The topological polar surface area (TPSA) is 86.7 Å². The maximum absolute atomic E-state index is 11.8. The maximum atomic E-state index is 11.8. The Morgan fingerprint density at radius 1 is 1.30 bits per heavy atom. The van der Waals surface area contributed by atoms with E-state index in [0.29, 0.717) is 23.9 Å². The Morgan fingerprint density at radius 3 is 2.48 bits per heavy atom. The molecule has 0 aliphatic rings. The van der Waals surface area contributed by atoms with Crippen LogP contribution in [-0.2, 0) is 14.3 Å². The van der Waals surface area contributed by atoms with E-state index in [1.807, 2.05) is 27.2 Å². The summed E-state index contributed by atoms with van der Waals surface area (Å²) in [7, 11) is 5.69. The summed E-state index contributed by atoms with van der Waals surface area (Å²) in [5.41, 5.74) is 0. The number of aliphatic hydroxyl groups excluding tert-OH is 1. The molecule has 6 heteroatoms. The van der Waals surface area contributed by atoms with E-state index in [-0.39, 0.29) is 12.8 Å². The second-order valence-electron chi connectivity index (χ2n) is 6.84. The summed E-state index contributed by atoms with van der Waals surface area (Å²) in [4.78, 5) is 22.6. The van der Waals surface area contributed by atoms with Crippen LogP contribution in [0.3, 0.4) is 0 Å². The summed E-state index contributed by atoms with van der Waals surface area (Å²) in [6.07, 6.45) is 5.22. The Bertz CT molecular complexity index is 387. The number of aliphatic carboxylic acids is 1. The van der Waals surface area contributed by atoms with Crippen LogP contribution in [0.4, 0.5) is 0 Å². The number of hydrogen-bond acceptors (Lipinski definition) is 5. The zero-order valence-corrected chi connectivity index (χ0v) is 14.8.